The molecule has 0 saturated heterocycles. The van der Waals surface area contributed by atoms with Gasteiger partial charge >= 0.3 is 0 Å². The van der Waals surface area contributed by atoms with E-state index in [1.54, 1.807) is 0 Å². The van der Waals surface area contributed by atoms with Crippen molar-refractivity contribution in [2.75, 3.05) is 0 Å². The number of rotatable bonds is 0. The molecule has 0 aromatic heterocycles. The second-order valence-corrected chi connectivity index (χ2v) is 11.7. The molecule has 0 saturated carbocycles. The van der Waals surface area contributed by atoms with Gasteiger partial charge in [0.25, 0.3) is 0 Å². The summed E-state index contributed by atoms with van der Waals surface area (Å²) in [6.07, 6.45) is 0. The Morgan fingerprint density at radius 1 is 0.225 bits per heavy atom. The van der Waals surface area contributed by atoms with Gasteiger partial charge in [-0.05, 0) is 145 Å². The highest BCUT2D eigenvalue weighted by Crippen LogP contribution is 2.53. The van der Waals surface area contributed by atoms with Gasteiger partial charge in [-0.1, -0.05) is 84.9 Å². The summed E-state index contributed by atoms with van der Waals surface area (Å²) < 4.78 is 0. The summed E-state index contributed by atoms with van der Waals surface area (Å²) in [6, 6.07) is 46.1. The van der Waals surface area contributed by atoms with Crippen LogP contribution in [-0.4, -0.2) is 0 Å². The molecule has 10 aromatic carbocycles. The fourth-order valence-corrected chi connectivity index (χ4v) is 8.11. The molecule has 0 spiro atoms. The highest BCUT2D eigenvalue weighted by atomic mass is 14.3. The van der Waals surface area contributed by atoms with E-state index in [0.29, 0.717) is 0 Å². The number of benzene rings is 8. The predicted molar refractivity (Wildman–Crippen MR) is 173 cm³/mol. The van der Waals surface area contributed by atoms with Crippen molar-refractivity contribution >= 4 is 86.2 Å². The molecule has 0 aliphatic heterocycles. The van der Waals surface area contributed by atoms with Crippen LogP contribution in [0, 0.1) is 0 Å². The predicted octanol–water partition coefficient (Wildman–Crippen LogP) is 11.4. The topological polar surface area (TPSA) is 0 Å². The monoisotopic (exact) mass is 500 g/mol. The van der Waals surface area contributed by atoms with E-state index in [1.165, 1.54) is 108 Å². The molecule has 0 bridgehead atoms. The molecular weight excluding hydrogens is 480 g/mol. The maximum absolute atomic E-state index is 2.45. The van der Waals surface area contributed by atoms with Gasteiger partial charge in [0.1, 0.15) is 0 Å². The average molecular weight is 501 g/mol. The van der Waals surface area contributed by atoms with E-state index in [4.69, 9.17) is 0 Å². The molecule has 10 aromatic rings. The number of hydrogen-bond donors (Lipinski definition) is 0. The third-order valence-corrected chi connectivity index (χ3v) is 9.81. The van der Waals surface area contributed by atoms with Gasteiger partial charge < -0.3 is 0 Å². The van der Waals surface area contributed by atoms with Gasteiger partial charge in [0.15, 0.2) is 0 Å². The van der Waals surface area contributed by atoms with E-state index in [0.717, 1.165) is 0 Å². The second kappa shape index (κ2) is 6.50. The zero-order chi connectivity index (χ0) is 25.7. The van der Waals surface area contributed by atoms with Gasteiger partial charge in [-0.15, -0.1) is 0 Å². The van der Waals surface area contributed by atoms with E-state index in [-0.39, 0.29) is 0 Å². The molecule has 0 N–H and O–H groups in total. The Balaban J connectivity index is 1.27. The largest absolute Gasteiger partial charge is 0.0616 e. The van der Waals surface area contributed by atoms with E-state index < -0.39 is 0 Å². The van der Waals surface area contributed by atoms with Crippen LogP contribution in [0.2, 0.25) is 0 Å². The molecule has 0 radical (unpaired) electrons. The first-order valence-electron chi connectivity index (χ1n) is 14.1. The van der Waals surface area contributed by atoms with Crippen LogP contribution in [0.1, 0.15) is 0 Å². The first-order valence-corrected chi connectivity index (χ1v) is 14.1. The maximum Gasteiger partial charge on any atom is -0.00139 e. The zero-order valence-electron chi connectivity index (χ0n) is 21.5. The molecule has 1 aliphatic rings. The second-order valence-electron chi connectivity index (χ2n) is 11.7. The minimum absolute atomic E-state index is 1.31. The van der Waals surface area contributed by atoms with Crippen molar-refractivity contribution in [2.45, 2.75) is 0 Å². The minimum Gasteiger partial charge on any atom is -0.0616 e. The number of hydrogen-bond acceptors (Lipinski definition) is 0. The molecule has 0 unspecified atom stereocenters. The standard InChI is InChI=1S/C40H20/c1-2-6-23-16-33-29-12-14-31-37-20-25-18-35-27-10-4-8-21-7-3-9-26(38(21)27)34(35)17-24(25)19-36(37)30-13-11-28(39(29)40(30)31)32(33)15-22(23)5-1/h1-20H. The van der Waals surface area contributed by atoms with Crippen molar-refractivity contribution in [1.29, 1.82) is 0 Å². The maximum atomic E-state index is 2.45. The first-order chi connectivity index (χ1) is 19.8. The van der Waals surface area contributed by atoms with E-state index in [9.17, 15) is 0 Å². The average Bonchev–Trinajstić information content (AvgIpc) is 3.60. The summed E-state index contributed by atoms with van der Waals surface area (Å²) in [5, 5.41) is 21.7. The molecule has 180 valence electrons. The quantitative estimate of drug-likeness (QED) is 0.194. The third-order valence-electron chi connectivity index (χ3n) is 9.81. The lowest BCUT2D eigenvalue weighted by Gasteiger charge is -2.05. The smallest absolute Gasteiger partial charge is 0.00139 e. The van der Waals surface area contributed by atoms with Crippen molar-refractivity contribution < 1.29 is 0 Å². The highest BCUT2D eigenvalue weighted by Gasteiger charge is 2.25. The summed E-state index contributed by atoms with van der Waals surface area (Å²) in [5.41, 5.74) is 5.47. The van der Waals surface area contributed by atoms with Gasteiger partial charge in [0.05, 0.1) is 0 Å². The lowest BCUT2D eigenvalue weighted by molar-refractivity contribution is 1.73. The summed E-state index contributed by atoms with van der Waals surface area (Å²) >= 11 is 0. The van der Waals surface area contributed by atoms with Crippen molar-refractivity contribution in [3.8, 4) is 22.3 Å². The molecule has 0 heterocycles. The Morgan fingerprint density at radius 3 is 1.18 bits per heavy atom. The van der Waals surface area contributed by atoms with Crippen LogP contribution in [0.5, 0.6) is 0 Å². The SMILES string of the molecule is c1ccc2cc3c(cc2c1)-c1ccc2c4cc5cc6c(cc5cc4c4ccc-3c1c24)c1cccc2cccc6c21. The van der Waals surface area contributed by atoms with Crippen molar-refractivity contribution in [2.24, 2.45) is 0 Å². The molecule has 0 nitrogen and oxygen atoms in total. The minimum atomic E-state index is 1.31. The van der Waals surface area contributed by atoms with Crippen LogP contribution >= 0.6 is 0 Å². The lowest BCUT2D eigenvalue weighted by atomic mass is 9.98. The summed E-state index contributed by atoms with van der Waals surface area (Å²) in [7, 11) is 0. The molecule has 0 atom stereocenters. The highest BCUT2D eigenvalue weighted by molar-refractivity contribution is 6.38. The molecular formula is C40H20. The van der Waals surface area contributed by atoms with Gasteiger partial charge in [-0.25, -0.2) is 0 Å². The Labute approximate surface area is 229 Å². The normalized spacial score (nSPS) is 13.0. The molecule has 0 heteroatoms. The fraction of sp³-hybridized carbons (Fsp3) is 0. The van der Waals surface area contributed by atoms with Gasteiger partial charge in [0, 0.05) is 0 Å². The number of fused-ring (bicyclic) bond motifs is 11. The Morgan fingerprint density at radius 2 is 0.675 bits per heavy atom. The lowest BCUT2D eigenvalue weighted by Crippen LogP contribution is -1.79. The van der Waals surface area contributed by atoms with Crippen LogP contribution < -0.4 is 0 Å². The van der Waals surface area contributed by atoms with Crippen molar-refractivity contribution in [1.82, 2.24) is 0 Å². The van der Waals surface area contributed by atoms with E-state index in [2.05, 4.69) is 121 Å². The van der Waals surface area contributed by atoms with Crippen LogP contribution in [0.15, 0.2) is 121 Å². The Hall–Kier alpha value is -5.20. The molecule has 1 aliphatic carbocycles. The molecule has 40 heavy (non-hydrogen) atoms. The van der Waals surface area contributed by atoms with Crippen LogP contribution in [0.4, 0.5) is 0 Å². The first kappa shape index (κ1) is 19.8. The third kappa shape index (κ3) is 2.16. The summed E-state index contributed by atoms with van der Waals surface area (Å²) in [5.74, 6) is 0. The summed E-state index contributed by atoms with van der Waals surface area (Å²) in [6.45, 7) is 0. The van der Waals surface area contributed by atoms with E-state index >= 15 is 0 Å². The van der Waals surface area contributed by atoms with Gasteiger partial charge in [-0.2, -0.15) is 0 Å². The zero-order valence-corrected chi connectivity index (χ0v) is 21.5. The Kier molecular flexibility index (Phi) is 3.22. The fourth-order valence-electron chi connectivity index (χ4n) is 8.11. The molecule has 0 amide bonds. The van der Waals surface area contributed by atoms with Crippen molar-refractivity contribution in [3.63, 3.8) is 0 Å². The summed E-state index contributed by atoms with van der Waals surface area (Å²) in [4.78, 5) is 0. The van der Waals surface area contributed by atoms with Crippen molar-refractivity contribution in [3.05, 3.63) is 121 Å². The van der Waals surface area contributed by atoms with Crippen LogP contribution in [0.25, 0.3) is 108 Å². The van der Waals surface area contributed by atoms with Crippen LogP contribution in [0.3, 0.4) is 0 Å². The van der Waals surface area contributed by atoms with Gasteiger partial charge in [0.2, 0.25) is 0 Å². The Bertz CT molecular complexity index is 2560. The molecule has 0 fully saturated rings. The van der Waals surface area contributed by atoms with Gasteiger partial charge in [-0.3, -0.25) is 0 Å². The molecule has 11 rings (SSSR count). The van der Waals surface area contributed by atoms with Crippen LogP contribution in [-0.2, 0) is 0 Å². The van der Waals surface area contributed by atoms with E-state index in [1.807, 2.05) is 0 Å².